The number of hydrogen-bond donors (Lipinski definition) is 2. The molecule has 0 amide bonds. The van der Waals surface area contributed by atoms with Gasteiger partial charge in [0.15, 0.2) is 0 Å². The number of aromatic nitrogens is 2. The molecule has 0 saturated carbocycles. The van der Waals surface area contributed by atoms with Crippen LogP contribution in [0.5, 0.6) is 0 Å². The number of aliphatic hydroxyl groups excluding tert-OH is 1. The molecule has 3 rings (SSSR count). The number of hydrogen-bond acceptors (Lipinski definition) is 8. The van der Waals surface area contributed by atoms with Crippen molar-refractivity contribution in [3.63, 3.8) is 0 Å². The van der Waals surface area contributed by atoms with Crippen LogP contribution < -0.4 is 5.56 Å². The number of carbonyl (C=O) groups is 1. The molecule has 1 aliphatic rings. The average Bonchev–Trinajstić information content (AvgIpc) is 3.11. The Morgan fingerprint density at radius 2 is 2.16 bits per heavy atom. The standard InChI is InChI=1S/C22H33N3O5S/c1-3-7-19(27)30-14-15(26)12-25(10-6-11-29-2)13-18-23-21(28)20-16-8-4-5-9-17(16)31-22(20)24-18/h15,26H,3-14H2,1-2H3,(H,23,24,28)/t15-/m1/s1. The highest BCUT2D eigenvalue weighted by molar-refractivity contribution is 7.18. The molecule has 0 spiro atoms. The first-order valence-electron chi connectivity index (χ1n) is 11.1. The summed E-state index contributed by atoms with van der Waals surface area (Å²) in [5.74, 6) is 0.286. The van der Waals surface area contributed by atoms with E-state index in [1.165, 1.54) is 16.9 Å². The van der Waals surface area contributed by atoms with Gasteiger partial charge in [0.1, 0.15) is 23.4 Å². The number of nitrogens with zero attached hydrogens (tertiary/aromatic N) is 2. The summed E-state index contributed by atoms with van der Waals surface area (Å²) in [4.78, 5) is 36.2. The maximum atomic E-state index is 12.8. The number of carbonyl (C=O) groups excluding carboxylic acids is 1. The number of aryl methyl sites for hydroxylation is 2. The van der Waals surface area contributed by atoms with E-state index in [1.807, 2.05) is 11.8 Å². The third-order valence-corrected chi connectivity index (χ3v) is 6.62. The van der Waals surface area contributed by atoms with E-state index in [9.17, 15) is 14.7 Å². The molecular formula is C22H33N3O5S. The third-order valence-electron chi connectivity index (χ3n) is 5.43. The molecule has 2 N–H and O–H groups in total. The van der Waals surface area contributed by atoms with Crippen LogP contribution in [-0.2, 0) is 33.7 Å². The van der Waals surface area contributed by atoms with Crippen LogP contribution in [0.15, 0.2) is 4.79 Å². The topological polar surface area (TPSA) is 105 Å². The summed E-state index contributed by atoms with van der Waals surface area (Å²) < 4.78 is 10.3. The van der Waals surface area contributed by atoms with Crippen LogP contribution >= 0.6 is 11.3 Å². The number of thiophene rings is 1. The van der Waals surface area contributed by atoms with Crippen molar-refractivity contribution in [2.45, 2.75) is 64.5 Å². The van der Waals surface area contributed by atoms with Gasteiger partial charge in [0.05, 0.1) is 11.9 Å². The van der Waals surface area contributed by atoms with Crippen LogP contribution in [0.25, 0.3) is 10.2 Å². The lowest BCUT2D eigenvalue weighted by Gasteiger charge is -2.24. The molecule has 0 unspecified atom stereocenters. The van der Waals surface area contributed by atoms with E-state index in [4.69, 9.17) is 14.5 Å². The molecule has 0 aromatic carbocycles. The Labute approximate surface area is 186 Å². The molecule has 8 nitrogen and oxygen atoms in total. The number of esters is 1. The minimum absolute atomic E-state index is 0.0414. The van der Waals surface area contributed by atoms with Crippen molar-refractivity contribution >= 4 is 27.5 Å². The summed E-state index contributed by atoms with van der Waals surface area (Å²) in [5, 5.41) is 11.1. The number of aromatic amines is 1. The molecule has 172 valence electrons. The lowest BCUT2D eigenvalue weighted by molar-refractivity contribution is -0.147. The van der Waals surface area contributed by atoms with Gasteiger partial charge in [0.25, 0.3) is 5.56 Å². The SMILES string of the molecule is CCCC(=O)OC[C@H](O)CN(CCCOC)Cc1nc2sc3c(c2c(=O)[nH]1)CCCC3. The first-order chi connectivity index (χ1) is 15.0. The van der Waals surface area contributed by atoms with Gasteiger partial charge in [-0.15, -0.1) is 11.3 Å². The molecule has 9 heteroatoms. The minimum Gasteiger partial charge on any atom is -0.463 e. The lowest BCUT2D eigenvalue weighted by atomic mass is 9.97. The van der Waals surface area contributed by atoms with E-state index < -0.39 is 6.10 Å². The van der Waals surface area contributed by atoms with Crippen LogP contribution in [0.1, 0.15) is 55.3 Å². The van der Waals surface area contributed by atoms with Crippen molar-refractivity contribution in [2.75, 3.05) is 33.4 Å². The van der Waals surface area contributed by atoms with Gasteiger partial charge >= 0.3 is 5.97 Å². The number of methoxy groups -OCH3 is 1. The second-order valence-electron chi connectivity index (χ2n) is 8.07. The Morgan fingerprint density at radius 1 is 1.35 bits per heavy atom. The summed E-state index contributed by atoms with van der Waals surface area (Å²) >= 11 is 1.63. The Bertz CT molecular complexity index is 926. The van der Waals surface area contributed by atoms with Crippen LogP contribution in [0, 0.1) is 0 Å². The Hall–Kier alpha value is -1.81. The first kappa shape index (κ1) is 23.8. The summed E-state index contributed by atoms with van der Waals surface area (Å²) in [6.45, 7) is 3.84. The largest absolute Gasteiger partial charge is 0.463 e. The molecule has 0 fully saturated rings. The predicted molar refractivity (Wildman–Crippen MR) is 121 cm³/mol. The zero-order chi connectivity index (χ0) is 22.2. The number of ether oxygens (including phenoxy) is 2. The maximum absolute atomic E-state index is 12.8. The van der Waals surface area contributed by atoms with Crippen molar-refractivity contribution in [1.29, 1.82) is 0 Å². The van der Waals surface area contributed by atoms with Crippen LogP contribution in [0.3, 0.4) is 0 Å². The van der Waals surface area contributed by atoms with Crippen LogP contribution in [0.2, 0.25) is 0 Å². The third kappa shape index (κ3) is 6.58. The molecular weight excluding hydrogens is 418 g/mol. The highest BCUT2D eigenvalue weighted by atomic mass is 32.1. The van der Waals surface area contributed by atoms with Gasteiger partial charge < -0.3 is 19.6 Å². The molecule has 31 heavy (non-hydrogen) atoms. The van der Waals surface area contributed by atoms with Gasteiger partial charge in [-0.1, -0.05) is 6.92 Å². The van der Waals surface area contributed by atoms with E-state index >= 15 is 0 Å². The molecule has 2 aromatic heterocycles. The van der Waals surface area contributed by atoms with Gasteiger partial charge in [-0.2, -0.15) is 0 Å². The van der Waals surface area contributed by atoms with Crippen molar-refractivity contribution in [1.82, 2.24) is 14.9 Å². The highest BCUT2D eigenvalue weighted by Gasteiger charge is 2.21. The summed E-state index contributed by atoms with van der Waals surface area (Å²) in [7, 11) is 1.65. The molecule has 0 saturated heterocycles. The smallest absolute Gasteiger partial charge is 0.305 e. The van der Waals surface area contributed by atoms with Gasteiger partial charge in [-0.05, 0) is 44.1 Å². The average molecular weight is 452 g/mol. The van der Waals surface area contributed by atoms with Crippen molar-refractivity contribution in [3.8, 4) is 0 Å². The summed E-state index contributed by atoms with van der Waals surface area (Å²) in [6, 6.07) is 0. The van der Waals surface area contributed by atoms with Gasteiger partial charge in [-0.3, -0.25) is 14.5 Å². The van der Waals surface area contributed by atoms with Crippen LogP contribution in [-0.4, -0.2) is 65.5 Å². The molecule has 0 aliphatic heterocycles. The first-order valence-corrected chi connectivity index (χ1v) is 11.9. The van der Waals surface area contributed by atoms with Gasteiger partial charge in [-0.25, -0.2) is 4.98 Å². The monoisotopic (exact) mass is 451 g/mol. The number of fused-ring (bicyclic) bond motifs is 3. The van der Waals surface area contributed by atoms with Crippen molar-refractivity contribution < 1.29 is 19.4 Å². The second-order valence-corrected chi connectivity index (χ2v) is 9.16. The fourth-order valence-electron chi connectivity index (χ4n) is 3.98. The summed E-state index contributed by atoms with van der Waals surface area (Å²) in [6.07, 6.45) is 5.28. The molecule has 0 radical (unpaired) electrons. The Kier molecular flexibility index (Phi) is 9.01. The predicted octanol–water partition coefficient (Wildman–Crippen LogP) is 2.41. The molecule has 1 atom stereocenters. The fraction of sp³-hybridized carbons (Fsp3) is 0.682. The van der Waals surface area contributed by atoms with E-state index in [-0.39, 0.29) is 18.1 Å². The molecule has 1 aliphatic carbocycles. The molecule has 2 aromatic rings. The van der Waals surface area contributed by atoms with Gasteiger partial charge in [0, 0.05) is 38.1 Å². The molecule has 0 bridgehead atoms. The van der Waals surface area contributed by atoms with Gasteiger partial charge in [0.2, 0.25) is 0 Å². The number of H-pyrrole nitrogens is 1. The van der Waals surface area contributed by atoms with E-state index in [0.717, 1.165) is 35.9 Å². The quantitative estimate of drug-likeness (QED) is 0.377. The summed E-state index contributed by atoms with van der Waals surface area (Å²) in [5.41, 5.74) is 1.10. The Morgan fingerprint density at radius 3 is 2.94 bits per heavy atom. The second kappa shape index (κ2) is 11.7. The van der Waals surface area contributed by atoms with E-state index in [0.29, 0.717) is 44.9 Å². The molecule has 2 heterocycles. The normalized spacial score (nSPS) is 14.7. The van der Waals surface area contributed by atoms with Crippen LogP contribution in [0.4, 0.5) is 0 Å². The minimum atomic E-state index is -0.812. The Balaban J connectivity index is 1.70. The highest BCUT2D eigenvalue weighted by Crippen LogP contribution is 2.33. The van der Waals surface area contributed by atoms with Crippen molar-refractivity contribution in [3.05, 3.63) is 26.6 Å². The fourth-order valence-corrected chi connectivity index (χ4v) is 5.26. The zero-order valence-electron chi connectivity index (χ0n) is 18.4. The van der Waals surface area contributed by atoms with Crippen molar-refractivity contribution in [2.24, 2.45) is 0 Å². The zero-order valence-corrected chi connectivity index (χ0v) is 19.3. The lowest BCUT2D eigenvalue weighted by Crippen LogP contribution is -2.37. The number of nitrogens with one attached hydrogen (secondary N) is 1. The van der Waals surface area contributed by atoms with E-state index in [2.05, 4.69) is 4.98 Å². The number of aliphatic hydroxyl groups is 1. The number of rotatable bonds is 12. The maximum Gasteiger partial charge on any atom is 0.305 e. The van der Waals surface area contributed by atoms with E-state index in [1.54, 1.807) is 18.4 Å².